The molecule has 2 N–H and O–H groups in total. The van der Waals surface area contributed by atoms with Gasteiger partial charge in [0.1, 0.15) is 11.3 Å². The Balaban J connectivity index is 1.91. The summed E-state index contributed by atoms with van der Waals surface area (Å²) in [6.07, 6.45) is 2.82. The molecule has 0 saturated carbocycles. The Morgan fingerprint density at radius 1 is 1.33 bits per heavy atom. The van der Waals surface area contributed by atoms with Gasteiger partial charge in [-0.15, -0.1) is 0 Å². The summed E-state index contributed by atoms with van der Waals surface area (Å²) in [7, 11) is 0. The smallest absolute Gasteiger partial charge is 0.221 e. The summed E-state index contributed by atoms with van der Waals surface area (Å²) in [6.45, 7) is 4.46. The maximum Gasteiger partial charge on any atom is 0.221 e. The zero-order chi connectivity index (χ0) is 14.8. The molecule has 0 saturated heterocycles. The van der Waals surface area contributed by atoms with Gasteiger partial charge < -0.3 is 10.3 Å². The molecule has 0 aliphatic heterocycles. The minimum Gasteiger partial charge on any atom is -0.335 e. The summed E-state index contributed by atoms with van der Waals surface area (Å²) >= 11 is 0. The van der Waals surface area contributed by atoms with Crippen molar-refractivity contribution in [1.82, 2.24) is 19.7 Å². The Morgan fingerprint density at radius 2 is 2.10 bits per heavy atom. The highest BCUT2D eigenvalue weighted by Gasteiger charge is 2.10. The highest BCUT2D eigenvalue weighted by atomic mass is 16.1. The number of amides is 1. The van der Waals surface area contributed by atoms with E-state index in [2.05, 4.69) is 27.3 Å². The standard InChI is InChI=1S/C15H17N5O/c1-3-8-20-15-13(9-16-20)18-14(19-15)11-4-6-12(7-5-11)17-10(2)21/h4-7,9H,3,8H2,1-2H3,(H,17,21)(H,18,19). The largest absolute Gasteiger partial charge is 0.335 e. The molecule has 0 aliphatic rings. The normalized spacial score (nSPS) is 11.0. The molecule has 0 atom stereocenters. The topological polar surface area (TPSA) is 75.6 Å². The summed E-state index contributed by atoms with van der Waals surface area (Å²) in [5, 5.41) is 7.05. The van der Waals surface area contributed by atoms with Crippen molar-refractivity contribution in [3.63, 3.8) is 0 Å². The summed E-state index contributed by atoms with van der Waals surface area (Å²) < 4.78 is 1.90. The van der Waals surface area contributed by atoms with E-state index in [1.165, 1.54) is 6.92 Å². The van der Waals surface area contributed by atoms with Gasteiger partial charge in [0.15, 0.2) is 5.65 Å². The predicted octanol–water partition coefficient (Wildman–Crippen LogP) is 2.79. The lowest BCUT2D eigenvalue weighted by atomic mass is 10.2. The Bertz CT molecular complexity index is 769. The van der Waals surface area contributed by atoms with E-state index >= 15 is 0 Å². The predicted molar refractivity (Wildman–Crippen MR) is 81.9 cm³/mol. The van der Waals surface area contributed by atoms with Gasteiger partial charge in [0, 0.05) is 24.7 Å². The number of carbonyl (C=O) groups excluding carboxylic acids is 1. The lowest BCUT2D eigenvalue weighted by Gasteiger charge is -2.02. The first-order valence-corrected chi connectivity index (χ1v) is 6.97. The van der Waals surface area contributed by atoms with Gasteiger partial charge in [-0.2, -0.15) is 5.10 Å². The lowest BCUT2D eigenvalue weighted by Crippen LogP contribution is -2.05. The number of nitrogens with one attached hydrogen (secondary N) is 2. The number of imidazole rings is 1. The van der Waals surface area contributed by atoms with Crippen molar-refractivity contribution in [3.05, 3.63) is 30.5 Å². The van der Waals surface area contributed by atoms with Gasteiger partial charge in [-0.25, -0.2) is 9.67 Å². The average molecular weight is 283 g/mol. The first kappa shape index (κ1) is 13.4. The third-order valence-corrected chi connectivity index (χ3v) is 3.20. The average Bonchev–Trinajstić information content (AvgIpc) is 3.01. The Morgan fingerprint density at radius 3 is 2.76 bits per heavy atom. The number of aromatic nitrogens is 4. The van der Waals surface area contributed by atoms with Crippen LogP contribution >= 0.6 is 0 Å². The fourth-order valence-corrected chi connectivity index (χ4v) is 2.27. The van der Waals surface area contributed by atoms with Crippen LogP contribution in [-0.4, -0.2) is 25.7 Å². The van der Waals surface area contributed by atoms with Crippen molar-refractivity contribution in [1.29, 1.82) is 0 Å². The van der Waals surface area contributed by atoms with Crippen LogP contribution < -0.4 is 5.32 Å². The number of anilines is 1. The number of H-pyrrole nitrogens is 1. The molecular formula is C15H17N5O. The maximum atomic E-state index is 11.0. The fraction of sp³-hybridized carbons (Fsp3) is 0.267. The van der Waals surface area contributed by atoms with Crippen LogP contribution in [0.4, 0.5) is 5.69 Å². The van der Waals surface area contributed by atoms with E-state index < -0.39 is 0 Å². The number of nitrogens with zero attached hydrogens (tertiary/aromatic N) is 3. The van der Waals surface area contributed by atoms with E-state index in [4.69, 9.17) is 0 Å². The zero-order valence-corrected chi connectivity index (χ0v) is 12.1. The second-order valence-corrected chi connectivity index (χ2v) is 4.95. The monoisotopic (exact) mass is 283 g/mol. The van der Waals surface area contributed by atoms with Crippen LogP contribution in [0.25, 0.3) is 22.6 Å². The molecule has 0 radical (unpaired) electrons. The quantitative estimate of drug-likeness (QED) is 0.773. The van der Waals surface area contributed by atoms with Crippen molar-refractivity contribution in [2.24, 2.45) is 0 Å². The number of benzene rings is 1. The second kappa shape index (κ2) is 5.40. The molecule has 0 aliphatic carbocycles. The van der Waals surface area contributed by atoms with Gasteiger partial charge in [0.25, 0.3) is 0 Å². The number of aromatic amines is 1. The second-order valence-electron chi connectivity index (χ2n) is 4.95. The number of hydrogen-bond donors (Lipinski definition) is 2. The maximum absolute atomic E-state index is 11.0. The molecule has 3 rings (SSSR count). The van der Waals surface area contributed by atoms with Crippen LogP contribution in [0, 0.1) is 0 Å². The van der Waals surface area contributed by atoms with Gasteiger partial charge in [0.05, 0.1) is 6.20 Å². The van der Waals surface area contributed by atoms with E-state index in [0.29, 0.717) is 0 Å². The molecule has 0 fully saturated rings. The van der Waals surface area contributed by atoms with Gasteiger partial charge >= 0.3 is 0 Å². The Labute approximate surface area is 122 Å². The number of rotatable bonds is 4. The van der Waals surface area contributed by atoms with Crippen LogP contribution in [0.15, 0.2) is 30.5 Å². The van der Waals surface area contributed by atoms with Crippen molar-refractivity contribution in [3.8, 4) is 11.4 Å². The third kappa shape index (κ3) is 2.65. The van der Waals surface area contributed by atoms with Crippen molar-refractivity contribution < 1.29 is 4.79 Å². The minimum absolute atomic E-state index is 0.0776. The van der Waals surface area contributed by atoms with E-state index in [1.807, 2.05) is 28.9 Å². The molecule has 2 aromatic heterocycles. The Hall–Kier alpha value is -2.63. The molecule has 6 heteroatoms. The third-order valence-electron chi connectivity index (χ3n) is 3.20. The molecule has 0 bridgehead atoms. The molecule has 3 aromatic rings. The first-order valence-electron chi connectivity index (χ1n) is 6.97. The molecule has 108 valence electrons. The molecule has 21 heavy (non-hydrogen) atoms. The van der Waals surface area contributed by atoms with E-state index in [1.54, 1.807) is 6.20 Å². The van der Waals surface area contributed by atoms with E-state index in [9.17, 15) is 4.79 Å². The molecule has 0 unspecified atom stereocenters. The van der Waals surface area contributed by atoms with Crippen molar-refractivity contribution in [2.45, 2.75) is 26.8 Å². The number of aryl methyl sites for hydroxylation is 1. The number of fused-ring (bicyclic) bond motifs is 1. The van der Waals surface area contributed by atoms with Gasteiger partial charge in [-0.3, -0.25) is 4.79 Å². The Kier molecular flexibility index (Phi) is 3.43. The van der Waals surface area contributed by atoms with Crippen LogP contribution in [0.1, 0.15) is 20.3 Å². The molecule has 6 nitrogen and oxygen atoms in total. The highest BCUT2D eigenvalue weighted by Crippen LogP contribution is 2.22. The molecule has 1 amide bonds. The van der Waals surface area contributed by atoms with Gasteiger partial charge in [-0.05, 0) is 30.7 Å². The summed E-state index contributed by atoms with van der Waals surface area (Å²) in [5.41, 5.74) is 3.56. The summed E-state index contributed by atoms with van der Waals surface area (Å²) in [4.78, 5) is 18.9. The van der Waals surface area contributed by atoms with Crippen molar-refractivity contribution >= 4 is 22.8 Å². The molecule has 2 heterocycles. The molecular weight excluding hydrogens is 266 g/mol. The minimum atomic E-state index is -0.0776. The van der Waals surface area contributed by atoms with Gasteiger partial charge in [-0.1, -0.05) is 6.92 Å². The molecule has 1 aromatic carbocycles. The van der Waals surface area contributed by atoms with E-state index in [-0.39, 0.29) is 5.91 Å². The first-order chi connectivity index (χ1) is 10.2. The fourth-order valence-electron chi connectivity index (χ4n) is 2.27. The van der Waals surface area contributed by atoms with Gasteiger partial charge in [0.2, 0.25) is 5.91 Å². The van der Waals surface area contributed by atoms with Crippen molar-refractivity contribution in [2.75, 3.05) is 5.32 Å². The van der Waals surface area contributed by atoms with Crippen LogP contribution in [-0.2, 0) is 11.3 Å². The zero-order valence-electron chi connectivity index (χ0n) is 12.1. The van der Waals surface area contributed by atoms with Crippen LogP contribution in [0.2, 0.25) is 0 Å². The van der Waals surface area contributed by atoms with Crippen LogP contribution in [0.5, 0.6) is 0 Å². The summed E-state index contributed by atoms with van der Waals surface area (Å²) in [5.74, 6) is 0.729. The SMILES string of the molecule is CCCn1ncc2[nH]c(-c3ccc(NC(C)=O)cc3)nc21. The molecule has 0 spiro atoms. The highest BCUT2D eigenvalue weighted by molar-refractivity contribution is 5.89. The summed E-state index contributed by atoms with van der Waals surface area (Å²) in [6, 6.07) is 7.59. The van der Waals surface area contributed by atoms with E-state index in [0.717, 1.165) is 41.2 Å². The van der Waals surface area contributed by atoms with Crippen LogP contribution in [0.3, 0.4) is 0 Å². The lowest BCUT2D eigenvalue weighted by molar-refractivity contribution is -0.114. The number of hydrogen-bond acceptors (Lipinski definition) is 3. The number of carbonyl (C=O) groups is 1.